The number of rotatable bonds is 1. The van der Waals surface area contributed by atoms with E-state index in [1.807, 2.05) is 38.8 Å². The van der Waals surface area contributed by atoms with Crippen LogP contribution in [-0.4, -0.2) is 45.9 Å². The van der Waals surface area contributed by atoms with Crippen LogP contribution in [0.3, 0.4) is 0 Å². The second kappa shape index (κ2) is 4.28. The highest BCUT2D eigenvalue weighted by atomic mass is 16.5. The summed E-state index contributed by atoms with van der Waals surface area (Å²) in [7, 11) is 1.91. The highest BCUT2D eigenvalue weighted by Crippen LogP contribution is 2.37. The van der Waals surface area contributed by atoms with E-state index in [4.69, 9.17) is 4.74 Å². The molecular formula is C14H18N4O2. The van der Waals surface area contributed by atoms with Gasteiger partial charge in [0.1, 0.15) is 23.6 Å². The topological polar surface area (TPSA) is 71.4 Å². The van der Waals surface area contributed by atoms with Crippen molar-refractivity contribution in [2.45, 2.75) is 26.3 Å². The summed E-state index contributed by atoms with van der Waals surface area (Å²) >= 11 is 0. The number of hydrogen-bond donors (Lipinski definition) is 1. The number of anilines is 1. The van der Waals surface area contributed by atoms with E-state index in [1.165, 1.54) is 0 Å². The van der Waals surface area contributed by atoms with E-state index in [0.29, 0.717) is 18.3 Å². The van der Waals surface area contributed by atoms with Crippen LogP contribution in [0, 0.1) is 13.8 Å². The zero-order valence-corrected chi connectivity index (χ0v) is 12.1. The molecule has 0 unspecified atom stereocenters. The molecule has 1 atom stereocenters. The summed E-state index contributed by atoms with van der Waals surface area (Å²) in [5, 5.41) is 10.5. The lowest BCUT2D eigenvalue weighted by Gasteiger charge is -2.36. The van der Waals surface area contributed by atoms with Crippen LogP contribution >= 0.6 is 0 Å². The average Bonchev–Trinajstić information content (AvgIpc) is 2.50. The Morgan fingerprint density at radius 2 is 2.10 bits per heavy atom. The maximum atomic E-state index is 9.72. The first-order valence-corrected chi connectivity index (χ1v) is 6.58. The van der Waals surface area contributed by atoms with Crippen molar-refractivity contribution in [2.75, 3.05) is 25.2 Å². The Balaban J connectivity index is 2.36. The van der Waals surface area contributed by atoms with Crippen molar-refractivity contribution in [3.05, 3.63) is 17.6 Å². The van der Waals surface area contributed by atoms with Crippen LogP contribution in [0.15, 0.2) is 6.07 Å². The highest BCUT2D eigenvalue weighted by molar-refractivity contribution is 5.94. The van der Waals surface area contributed by atoms with Gasteiger partial charge in [0.05, 0.1) is 17.7 Å². The van der Waals surface area contributed by atoms with Gasteiger partial charge in [0.15, 0.2) is 0 Å². The van der Waals surface area contributed by atoms with Crippen molar-refractivity contribution < 1.29 is 9.84 Å². The van der Waals surface area contributed by atoms with Gasteiger partial charge < -0.3 is 14.7 Å². The van der Waals surface area contributed by atoms with Gasteiger partial charge in [-0.15, -0.1) is 0 Å². The summed E-state index contributed by atoms with van der Waals surface area (Å²) in [6.45, 7) is 6.04. The van der Waals surface area contributed by atoms with Crippen molar-refractivity contribution in [2.24, 2.45) is 0 Å². The fourth-order valence-electron chi connectivity index (χ4n) is 2.41. The summed E-state index contributed by atoms with van der Waals surface area (Å²) in [5.41, 5.74) is 1.14. The Labute approximate surface area is 117 Å². The predicted molar refractivity (Wildman–Crippen MR) is 76.2 cm³/mol. The van der Waals surface area contributed by atoms with Gasteiger partial charge in [0, 0.05) is 12.7 Å². The maximum Gasteiger partial charge on any atom is 0.227 e. The molecule has 2 aromatic rings. The number of aliphatic hydroxyl groups excluding tert-OH is 1. The average molecular weight is 274 g/mol. The largest absolute Gasteiger partial charge is 0.474 e. The Hall–Kier alpha value is -1.95. The monoisotopic (exact) mass is 274 g/mol. The van der Waals surface area contributed by atoms with Crippen LogP contribution in [0.25, 0.3) is 10.9 Å². The number of nitrogens with zero attached hydrogens (tertiary/aromatic N) is 4. The number of likely N-dealkylation sites (N-methyl/N-ethyl adjacent to an activating group) is 1. The number of hydrogen-bond acceptors (Lipinski definition) is 6. The minimum Gasteiger partial charge on any atom is -0.474 e. The molecule has 6 nitrogen and oxygen atoms in total. The lowest BCUT2D eigenvalue weighted by Crippen LogP contribution is -2.51. The van der Waals surface area contributed by atoms with Gasteiger partial charge in [-0.3, -0.25) is 0 Å². The number of ether oxygens (including phenoxy) is 1. The lowest BCUT2D eigenvalue weighted by atomic mass is 10.0. The SMILES string of the molecule is Cc1cc2nc(C)nc3c2c(n1)OC[C@@](C)(CO)N3C. The van der Waals surface area contributed by atoms with Crippen molar-refractivity contribution in [3.63, 3.8) is 0 Å². The highest BCUT2D eigenvalue weighted by Gasteiger charge is 2.36. The molecule has 0 aliphatic carbocycles. The summed E-state index contributed by atoms with van der Waals surface area (Å²) in [5.74, 6) is 1.99. The third-order valence-corrected chi connectivity index (χ3v) is 3.85. The molecule has 106 valence electrons. The minimum absolute atomic E-state index is 0.0268. The normalized spacial score (nSPS) is 21.8. The molecule has 0 amide bonds. The minimum atomic E-state index is -0.539. The first kappa shape index (κ1) is 13.1. The predicted octanol–water partition coefficient (Wildman–Crippen LogP) is 1.22. The molecule has 0 bridgehead atoms. The van der Waals surface area contributed by atoms with Gasteiger partial charge in [0.2, 0.25) is 5.88 Å². The first-order valence-electron chi connectivity index (χ1n) is 6.58. The van der Waals surface area contributed by atoms with E-state index < -0.39 is 5.54 Å². The molecule has 6 heteroatoms. The van der Waals surface area contributed by atoms with E-state index in [2.05, 4.69) is 15.0 Å². The molecule has 0 saturated heterocycles. The van der Waals surface area contributed by atoms with Crippen LogP contribution in [0.2, 0.25) is 0 Å². The Bertz CT molecular complexity index is 683. The zero-order chi connectivity index (χ0) is 14.5. The molecule has 0 fully saturated rings. The Morgan fingerprint density at radius 1 is 1.35 bits per heavy atom. The molecule has 3 rings (SSSR count). The summed E-state index contributed by atoms with van der Waals surface area (Å²) < 4.78 is 5.83. The van der Waals surface area contributed by atoms with Crippen LogP contribution in [0.4, 0.5) is 5.82 Å². The Kier molecular flexibility index (Phi) is 2.79. The molecule has 1 aliphatic heterocycles. The second-order valence-electron chi connectivity index (χ2n) is 5.56. The van der Waals surface area contributed by atoms with Crippen molar-refractivity contribution in [3.8, 4) is 5.88 Å². The van der Waals surface area contributed by atoms with Gasteiger partial charge in [-0.25, -0.2) is 15.0 Å². The number of aromatic nitrogens is 3. The second-order valence-corrected chi connectivity index (χ2v) is 5.56. The van der Waals surface area contributed by atoms with Crippen LogP contribution in [0.1, 0.15) is 18.4 Å². The molecular weight excluding hydrogens is 256 g/mol. The van der Waals surface area contributed by atoms with E-state index in [0.717, 1.165) is 22.4 Å². The molecule has 20 heavy (non-hydrogen) atoms. The van der Waals surface area contributed by atoms with E-state index in [9.17, 15) is 5.11 Å². The van der Waals surface area contributed by atoms with Crippen molar-refractivity contribution in [1.82, 2.24) is 15.0 Å². The fourth-order valence-corrected chi connectivity index (χ4v) is 2.41. The van der Waals surface area contributed by atoms with E-state index >= 15 is 0 Å². The summed E-state index contributed by atoms with van der Waals surface area (Å²) in [6.07, 6.45) is 0. The number of aryl methyl sites for hydroxylation is 2. The molecule has 1 aliphatic rings. The standard InChI is InChI=1S/C14H18N4O2/c1-8-5-10-11-12(17-9(2)16-10)18(4)14(3,6-19)7-20-13(11)15-8/h5,19H,6-7H2,1-4H3/t14-/m1/s1. The van der Waals surface area contributed by atoms with Gasteiger partial charge in [-0.05, 0) is 26.8 Å². The Morgan fingerprint density at radius 3 is 2.80 bits per heavy atom. The van der Waals surface area contributed by atoms with E-state index in [-0.39, 0.29) is 6.61 Å². The van der Waals surface area contributed by atoms with Crippen LogP contribution < -0.4 is 9.64 Å². The molecule has 0 saturated carbocycles. The lowest BCUT2D eigenvalue weighted by molar-refractivity contribution is 0.142. The third kappa shape index (κ3) is 1.79. The molecule has 0 aromatic carbocycles. The molecule has 3 heterocycles. The van der Waals surface area contributed by atoms with Gasteiger partial charge >= 0.3 is 0 Å². The number of aliphatic hydroxyl groups is 1. The van der Waals surface area contributed by atoms with Crippen molar-refractivity contribution >= 4 is 16.7 Å². The molecule has 2 aromatic heterocycles. The van der Waals surface area contributed by atoms with Gasteiger partial charge in [-0.2, -0.15) is 0 Å². The first-order chi connectivity index (χ1) is 9.44. The van der Waals surface area contributed by atoms with Gasteiger partial charge in [0.25, 0.3) is 0 Å². The fraction of sp³-hybridized carbons (Fsp3) is 0.500. The molecule has 0 radical (unpaired) electrons. The zero-order valence-electron chi connectivity index (χ0n) is 12.1. The summed E-state index contributed by atoms with van der Waals surface area (Å²) in [4.78, 5) is 15.4. The smallest absolute Gasteiger partial charge is 0.227 e. The van der Waals surface area contributed by atoms with Crippen LogP contribution in [0.5, 0.6) is 5.88 Å². The summed E-state index contributed by atoms with van der Waals surface area (Å²) in [6, 6.07) is 1.93. The number of pyridine rings is 1. The quantitative estimate of drug-likeness (QED) is 0.843. The molecule has 1 N–H and O–H groups in total. The third-order valence-electron chi connectivity index (χ3n) is 3.85. The van der Waals surface area contributed by atoms with Crippen molar-refractivity contribution in [1.29, 1.82) is 0 Å². The van der Waals surface area contributed by atoms with Gasteiger partial charge in [-0.1, -0.05) is 0 Å². The van der Waals surface area contributed by atoms with E-state index in [1.54, 1.807) is 0 Å². The molecule has 0 spiro atoms. The van der Waals surface area contributed by atoms with Crippen LogP contribution in [-0.2, 0) is 0 Å². The maximum absolute atomic E-state index is 9.72.